The third-order valence-electron chi connectivity index (χ3n) is 4.48. The summed E-state index contributed by atoms with van der Waals surface area (Å²) in [6.07, 6.45) is 1.85. The van der Waals surface area contributed by atoms with E-state index in [9.17, 15) is 4.79 Å². The number of para-hydroxylation sites is 1. The molecule has 136 valence electrons. The van der Waals surface area contributed by atoms with Crippen LogP contribution in [-0.4, -0.2) is 59.0 Å². The summed E-state index contributed by atoms with van der Waals surface area (Å²) in [6.45, 7) is 3.90. The Balaban J connectivity index is 1.63. The van der Waals surface area contributed by atoms with E-state index in [-0.39, 0.29) is 12.5 Å². The largest absolute Gasteiger partial charge is 0.468 e. The number of hydrogen-bond acceptors (Lipinski definition) is 7. The fourth-order valence-corrected chi connectivity index (χ4v) is 3.13. The van der Waals surface area contributed by atoms with Crippen LogP contribution in [0.15, 0.2) is 34.9 Å². The standard InChI is InChI=1S/C18H20N4O4/c1-24-17(23)12-22-10-14(13-4-2-3-5-15(13)22)18-20-19-16(26-18)11-21-6-8-25-9-7-21/h2-5,10H,6-9,11-12H2,1H3. The maximum atomic E-state index is 11.7. The van der Waals surface area contributed by atoms with E-state index in [0.717, 1.165) is 42.8 Å². The molecule has 8 nitrogen and oxygen atoms in total. The van der Waals surface area contributed by atoms with E-state index in [0.29, 0.717) is 18.3 Å². The van der Waals surface area contributed by atoms with Crippen molar-refractivity contribution in [2.24, 2.45) is 0 Å². The molecule has 8 heteroatoms. The third kappa shape index (κ3) is 3.33. The second kappa shape index (κ2) is 7.27. The van der Waals surface area contributed by atoms with Gasteiger partial charge in [0.25, 0.3) is 0 Å². The summed E-state index contributed by atoms with van der Waals surface area (Å²) in [5.41, 5.74) is 1.73. The Kier molecular flexibility index (Phi) is 4.68. The number of methoxy groups -OCH3 is 1. The molecule has 2 aromatic heterocycles. The van der Waals surface area contributed by atoms with Gasteiger partial charge in [-0.2, -0.15) is 0 Å². The summed E-state index contributed by atoms with van der Waals surface area (Å²) in [4.78, 5) is 13.9. The van der Waals surface area contributed by atoms with Gasteiger partial charge in [-0.25, -0.2) is 0 Å². The van der Waals surface area contributed by atoms with Crippen LogP contribution in [0.3, 0.4) is 0 Å². The van der Waals surface area contributed by atoms with Crippen LogP contribution in [0, 0.1) is 0 Å². The molecule has 3 aromatic rings. The Hall–Kier alpha value is -2.71. The minimum atomic E-state index is -0.309. The molecule has 0 bridgehead atoms. The molecule has 0 aliphatic carbocycles. The number of rotatable bonds is 5. The van der Waals surface area contributed by atoms with Crippen molar-refractivity contribution < 1.29 is 18.7 Å². The molecule has 1 aliphatic rings. The Morgan fingerprint density at radius 1 is 1.23 bits per heavy atom. The smallest absolute Gasteiger partial charge is 0.325 e. The minimum absolute atomic E-state index is 0.131. The van der Waals surface area contributed by atoms with Crippen molar-refractivity contribution in [3.8, 4) is 11.5 Å². The number of benzene rings is 1. The van der Waals surface area contributed by atoms with E-state index in [2.05, 4.69) is 15.1 Å². The zero-order valence-corrected chi connectivity index (χ0v) is 14.6. The van der Waals surface area contributed by atoms with Crippen LogP contribution in [0.4, 0.5) is 0 Å². The average molecular weight is 356 g/mol. The second-order valence-electron chi connectivity index (χ2n) is 6.15. The first kappa shape index (κ1) is 16.7. The highest BCUT2D eigenvalue weighted by Gasteiger charge is 2.19. The lowest BCUT2D eigenvalue weighted by atomic mass is 10.2. The summed E-state index contributed by atoms with van der Waals surface area (Å²) in [6, 6.07) is 7.80. The number of ether oxygens (including phenoxy) is 2. The van der Waals surface area contributed by atoms with Gasteiger partial charge in [0.05, 0.1) is 32.4 Å². The van der Waals surface area contributed by atoms with Crippen molar-refractivity contribution in [3.05, 3.63) is 36.4 Å². The normalized spacial score (nSPS) is 15.4. The number of esters is 1. The van der Waals surface area contributed by atoms with Crippen molar-refractivity contribution in [3.63, 3.8) is 0 Å². The number of carbonyl (C=O) groups is 1. The van der Waals surface area contributed by atoms with Gasteiger partial charge < -0.3 is 18.5 Å². The fraction of sp³-hybridized carbons (Fsp3) is 0.389. The van der Waals surface area contributed by atoms with E-state index in [1.54, 1.807) is 0 Å². The summed E-state index contributed by atoms with van der Waals surface area (Å²) in [7, 11) is 1.38. The lowest BCUT2D eigenvalue weighted by Gasteiger charge is -2.24. The minimum Gasteiger partial charge on any atom is -0.468 e. The Morgan fingerprint density at radius 2 is 2.04 bits per heavy atom. The predicted molar refractivity (Wildman–Crippen MR) is 93.3 cm³/mol. The fourth-order valence-electron chi connectivity index (χ4n) is 3.13. The molecule has 0 saturated carbocycles. The van der Waals surface area contributed by atoms with Crippen LogP contribution < -0.4 is 0 Å². The Labute approximate surface area is 150 Å². The molecule has 0 unspecified atom stereocenters. The number of nitrogens with zero attached hydrogens (tertiary/aromatic N) is 4. The van der Waals surface area contributed by atoms with Gasteiger partial charge in [0, 0.05) is 30.2 Å². The van der Waals surface area contributed by atoms with Gasteiger partial charge in [-0.05, 0) is 6.07 Å². The third-order valence-corrected chi connectivity index (χ3v) is 4.48. The zero-order chi connectivity index (χ0) is 17.9. The average Bonchev–Trinajstić information content (AvgIpc) is 3.27. The van der Waals surface area contributed by atoms with Crippen molar-refractivity contribution >= 4 is 16.9 Å². The SMILES string of the molecule is COC(=O)Cn1cc(-c2nnc(CN3CCOCC3)o2)c2ccccc21. The van der Waals surface area contributed by atoms with E-state index >= 15 is 0 Å². The van der Waals surface area contributed by atoms with Crippen molar-refractivity contribution in [1.29, 1.82) is 0 Å². The van der Waals surface area contributed by atoms with Gasteiger partial charge in [0.15, 0.2) is 0 Å². The predicted octanol–water partition coefficient (Wildman–Crippen LogP) is 1.70. The van der Waals surface area contributed by atoms with Crippen LogP contribution in [0.1, 0.15) is 5.89 Å². The summed E-state index contributed by atoms with van der Waals surface area (Å²) in [5, 5.41) is 9.35. The Morgan fingerprint density at radius 3 is 2.85 bits per heavy atom. The molecular weight excluding hydrogens is 336 g/mol. The Bertz CT molecular complexity index is 911. The van der Waals surface area contributed by atoms with E-state index in [1.807, 2.05) is 35.0 Å². The highest BCUT2D eigenvalue weighted by molar-refractivity contribution is 5.94. The number of carbonyl (C=O) groups excluding carboxylic acids is 1. The first-order valence-corrected chi connectivity index (χ1v) is 8.52. The molecule has 1 aliphatic heterocycles. The molecule has 3 heterocycles. The van der Waals surface area contributed by atoms with Crippen molar-refractivity contribution in [1.82, 2.24) is 19.7 Å². The maximum absolute atomic E-state index is 11.7. The van der Waals surface area contributed by atoms with Crippen molar-refractivity contribution in [2.45, 2.75) is 13.1 Å². The number of fused-ring (bicyclic) bond motifs is 1. The number of morpholine rings is 1. The maximum Gasteiger partial charge on any atom is 0.325 e. The van der Waals surface area contributed by atoms with Gasteiger partial charge in [0.2, 0.25) is 11.8 Å². The van der Waals surface area contributed by atoms with E-state index in [1.165, 1.54) is 7.11 Å². The molecule has 4 rings (SSSR count). The summed E-state index contributed by atoms with van der Waals surface area (Å²) < 4.78 is 17.9. The lowest BCUT2D eigenvalue weighted by molar-refractivity contribution is -0.141. The molecule has 0 atom stereocenters. The molecular formula is C18H20N4O4. The van der Waals surface area contributed by atoms with Gasteiger partial charge in [-0.15, -0.1) is 10.2 Å². The highest BCUT2D eigenvalue weighted by Crippen LogP contribution is 2.30. The topological polar surface area (TPSA) is 82.6 Å². The number of aromatic nitrogens is 3. The number of hydrogen-bond donors (Lipinski definition) is 0. The first-order chi connectivity index (χ1) is 12.7. The van der Waals surface area contributed by atoms with Crippen LogP contribution in [-0.2, 0) is 27.4 Å². The zero-order valence-electron chi connectivity index (χ0n) is 14.6. The van der Waals surface area contributed by atoms with E-state index < -0.39 is 0 Å². The van der Waals surface area contributed by atoms with Gasteiger partial charge in [-0.3, -0.25) is 9.69 Å². The molecule has 26 heavy (non-hydrogen) atoms. The molecule has 1 aromatic carbocycles. The lowest BCUT2D eigenvalue weighted by Crippen LogP contribution is -2.35. The van der Waals surface area contributed by atoms with E-state index in [4.69, 9.17) is 13.9 Å². The monoisotopic (exact) mass is 356 g/mol. The van der Waals surface area contributed by atoms with Crippen LogP contribution >= 0.6 is 0 Å². The molecule has 1 fully saturated rings. The van der Waals surface area contributed by atoms with Crippen LogP contribution in [0.5, 0.6) is 0 Å². The second-order valence-corrected chi connectivity index (χ2v) is 6.15. The molecule has 0 amide bonds. The van der Waals surface area contributed by atoms with Gasteiger partial charge in [-0.1, -0.05) is 18.2 Å². The van der Waals surface area contributed by atoms with Crippen LogP contribution in [0.2, 0.25) is 0 Å². The quantitative estimate of drug-likeness (QED) is 0.644. The molecule has 1 saturated heterocycles. The molecule has 0 radical (unpaired) electrons. The molecule has 0 N–H and O–H groups in total. The first-order valence-electron chi connectivity index (χ1n) is 8.52. The summed E-state index contributed by atoms with van der Waals surface area (Å²) >= 11 is 0. The van der Waals surface area contributed by atoms with Gasteiger partial charge >= 0.3 is 5.97 Å². The summed E-state index contributed by atoms with van der Waals surface area (Å²) in [5.74, 6) is 0.718. The highest BCUT2D eigenvalue weighted by atomic mass is 16.5. The molecule has 0 spiro atoms. The van der Waals surface area contributed by atoms with Crippen LogP contribution in [0.25, 0.3) is 22.4 Å². The van der Waals surface area contributed by atoms with Gasteiger partial charge in [0.1, 0.15) is 6.54 Å². The van der Waals surface area contributed by atoms with Crippen molar-refractivity contribution in [2.75, 3.05) is 33.4 Å².